The average Bonchev–Trinajstić information content (AvgIpc) is 0.882. The van der Waals surface area contributed by atoms with Gasteiger partial charge in [0, 0.05) is 63.9 Å². The fourth-order valence-corrected chi connectivity index (χ4v) is 12.1. The minimum atomic E-state index is -1.19. The van der Waals surface area contributed by atoms with Crippen LogP contribution in [0, 0.1) is 0 Å². The third kappa shape index (κ3) is 63.7. The fraction of sp³-hybridized carbons (Fsp3) is 0.825. The maximum Gasteiger partial charge on any atom is 0.408 e. The highest BCUT2D eigenvalue weighted by atomic mass is 33.1. The molecule has 0 bridgehead atoms. The Hall–Kier alpha value is -8.32. The second kappa shape index (κ2) is 54.8. The molecule has 0 aliphatic heterocycles. The van der Waals surface area contributed by atoms with Gasteiger partial charge in [-0.15, -0.1) is 0 Å². The summed E-state index contributed by atoms with van der Waals surface area (Å²) in [5.74, 6) is -2.79. The molecule has 0 saturated carbocycles. The quantitative estimate of drug-likeness (QED) is 0.0153. The molecule has 0 aliphatic carbocycles. The van der Waals surface area contributed by atoms with Gasteiger partial charge in [-0.05, 0) is 282 Å². The average molecular weight is 1720 g/mol. The van der Waals surface area contributed by atoms with E-state index in [2.05, 4.69) is 74.4 Å². The van der Waals surface area contributed by atoms with Crippen LogP contribution >= 0.6 is 21.6 Å². The summed E-state index contributed by atoms with van der Waals surface area (Å²) >= 11 is 0. The van der Waals surface area contributed by atoms with Crippen LogP contribution in [0.4, 0.5) is 38.4 Å². The van der Waals surface area contributed by atoms with Gasteiger partial charge < -0.3 is 112 Å². The van der Waals surface area contributed by atoms with Crippen LogP contribution in [-0.2, 0) is 66.7 Å². The summed E-state index contributed by atoms with van der Waals surface area (Å²) in [6, 6.07) is -6.71. The molecular formula is C80H148N14O22S2. The number of ether oxygens (including phenoxy) is 8. The summed E-state index contributed by atoms with van der Waals surface area (Å²) < 4.78 is 43.2. The van der Waals surface area contributed by atoms with Crippen molar-refractivity contribution in [1.82, 2.24) is 74.4 Å². The molecule has 0 spiro atoms. The molecule has 682 valence electrons. The van der Waals surface area contributed by atoms with Crippen molar-refractivity contribution in [2.45, 2.75) is 363 Å². The molecule has 0 radical (unpaired) electrons. The SMILES string of the molecule is CC(C)(C)OC(=O)NCCCC[C@H](NC(=O)OC(C)(C)C)C(=O)NCCCC[C@H](NC(=O)[C@H](CCCCNC(=O)OC(C)(C)C)NC(=O)OC(C)(C)C)C(=O)NCCSSCCNC(=O)[C@H](CCCCNC(=O)[C@H](CCCCNC(=O)OC(C)(C)C)NC(=O)OC(C)(C)C)NC(=O)[C@H](CCCCNC(=O)OC(C)(C)C)NC(=O)OC(C)(C)C. The molecule has 6 atom stereocenters. The van der Waals surface area contributed by atoms with E-state index in [4.69, 9.17) is 37.9 Å². The summed E-state index contributed by atoms with van der Waals surface area (Å²) in [5.41, 5.74) is -6.43. The summed E-state index contributed by atoms with van der Waals surface area (Å²) in [6.45, 7) is 42.3. The molecule has 14 amide bonds. The third-order valence-electron chi connectivity index (χ3n) is 15.1. The van der Waals surface area contributed by atoms with Gasteiger partial charge in [0.1, 0.15) is 81.1 Å². The Kier molecular flexibility index (Phi) is 50.9. The van der Waals surface area contributed by atoms with E-state index in [-0.39, 0.29) is 104 Å². The number of hydrogen-bond donors (Lipinski definition) is 14. The van der Waals surface area contributed by atoms with Crippen molar-refractivity contribution in [2.24, 2.45) is 0 Å². The molecule has 0 aromatic heterocycles. The monoisotopic (exact) mass is 1720 g/mol. The highest BCUT2D eigenvalue weighted by Crippen LogP contribution is 2.21. The van der Waals surface area contributed by atoms with E-state index < -0.39 is 165 Å². The van der Waals surface area contributed by atoms with Crippen LogP contribution in [0.5, 0.6) is 0 Å². The molecule has 0 heterocycles. The fourth-order valence-electron chi connectivity index (χ4n) is 10.3. The van der Waals surface area contributed by atoms with Gasteiger partial charge in [-0.3, -0.25) is 28.8 Å². The second-order valence-corrected chi connectivity index (χ2v) is 39.1. The van der Waals surface area contributed by atoms with Gasteiger partial charge in [-0.1, -0.05) is 21.6 Å². The van der Waals surface area contributed by atoms with E-state index >= 15 is 0 Å². The number of nitrogens with one attached hydrogen (secondary N) is 14. The molecule has 14 N–H and O–H groups in total. The number of unbranched alkanes of at least 4 members (excludes halogenated alkanes) is 6. The Morgan fingerprint density at radius 3 is 0.534 bits per heavy atom. The van der Waals surface area contributed by atoms with Gasteiger partial charge in [-0.2, -0.15) is 0 Å². The summed E-state index contributed by atoms with van der Waals surface area (Å²) in [5, 5.41) is 38.4. The number of alkyl carbamates (subject to hydrolysis) is 8. The zero-order valence-corrected chi connectivity index (χ0v) is 76.7. The Bertz CT molecular complexity index is 2910. The zero-order valence-electron chi connectivity index (χ0n) is 75.1. The van der Waals surface area contributed by atoms with E-state index in [0.29, 0.717) is 75.7 Å². The molecule has 0 saturated heterocycles. The van der Waals surface area contributed by atoms with E-state index in [1.165, 1.54) is 21.6 Å². The lowest BCUT2D eigenvalue weighted by atomic mass is 10.1. The number of hydrogen-bond acceptors (Lipinski definition) is 24. The first kappa shape index (κ1) is 110. The van der Waals surface area contributed by atoms with Gasteiger partial charge in [-0.25, -0.2) is 38.4 Å². The van der Waals surface area contributed by atoms with E-state index in [1.807, 2.05) is 0 Å². The Balaban J connectivity index is 6.74. The highest BCUT2D eigenvalue weighted by Gasteiger charge is 2.33. The lowest BCUT2D eigenvalue weighted by Crippen LogP contribution is -2.54. The minimum absolute atomic E-state index is 0.0715. The molecule has 118 heavy (non-hydrogen) atoms. The molecule has 0 aliphatic rings. The zero-order chi connectivity index (χ0) is 90.3. The molecule has 0 fully saturated rings. The van der Waals surface area contributed by atoms with Gasteiger partial charge >= 0.3 is 48.7 Å². The predicted octanol–water partition coefficient (Wildman–Crippen LogP) is 10.5. The first-order chi connectivity index (χ1) is 54.3. The van der Waals surface area contributed by atoms with Crippen LogP contribution in [0.2, 0.25) is 0 Å². The standard InChI is InChI=1S/C80H148N14O22S2/c1-73(2,3)109-65(101)85-45-33-27-39-55(91-69(105)113-77(13,14)15)61(97)81-43-31-25-37-53(89-63(99)57(93-71(107)115-79(19,20)21)41-29-35-47-87-67(103)111-75(7,8)9)59(95)83-49-51-117-118-52-50-84-60(96)54(90-64(100)58(94-72(108)116-80(22,23)24)42-30-36-48-88-68(104)112-76(10,11)12)38-26-32-44-82-62(98)56(92-70(106)114-78(16,17)18)40-28-34-46-86-66(102)110-74(4,5)6/h53-58H,25-52H2,1-24H3,(H,81,97)(H,82,98)(H,83,95)(H,84,96)(H,85,101)(H,86,102)(H,87,103)(H,88,104)(H,89,99)(H,90,100)(H,91,105)(H,92,106)(H,93,107)(H,94,108)/t53-,54-,55-,56-,57-,58-/m0/s1. The minimum Gasteiger partial charge on any atom is -0.444 e. The highest BCUT2D eigenvalue weighted by molar-refractivity contribution is 8.76. The van der Waals surface area contributed by atoms with Crippen LogP contribution in [0.1, 0.15) is 282 Å². The van der Waals surface area contributed by atoms with Crippen LogP contribution in [-0.4, -0.2) is 229 Å². The summed E-state index contributed by atoms with van der Waals surface area (Å²) in [7, 11) is 2.74. The molecule has 0 aromatic rings. The van der Waals surface area contributed by atoms with Gasteiger partial charge in [0.25, 0.3) is 0 Å². The Morgan fingerprint density at radius 2 is 0.347 bits per heavy atom. The molecule has 0 rings (SSSR count). The maximum atomic E-state index is 14.3. The number of rotatable bonds is 49. The second-order valence-electron chi connectivity index (χ2n) is 36.4. The largest absolute Gasteiger partial charge is 0.444 e. The Morgan fingerprint density at radius 1 is 0.195 bits per heavy atom. The number of amides is 14. The lowest BCUT2D eigenvalue weighted by Gasteiger charge is -2.25. The topological polar surface area (TPSA) is 481 Å². The van der Waals surface area contributed by atoms with E-state index in [0.717, 1.165) is 0 Å². The van der Waals surface area contributed by atoms with Crippen LogP contribution in [0.15, 0.2) is 0 Å². The number of carbonyl (C=O) groups is 14. The lowest BCUT2D eigenvalue weighted by molar-refractivity contribution is -0.130. The molecule has 0 aromatic carbocycles. The van der Waals surface area contributed by atoms with Crippen LogP contribution < -0.4 is 74.4 Å². The van der Waals surface area contributed by atoms with Crippen molar-refractivity contribution in [3.8, 4) is 0 Å². The molecule has 36 nitrogen and oxygen atoms in total. The van der Waals surface area contributed by atoms with E-state index in [9.17, 15) is 67.1 Å². The van der Waals surface area contributed by atoms with Crippen LogP contribution in [0.25, 0.3) is 0 Å². The van der Waals surface area contributed by atoms with Crippen molar-refractivity contribution in [2.75, 3.05) is 63.9 Å². The first-order valence-corrected chi connectivity index (χ1v) is 43.6. The third-order valence-corrected chi connectivity index (χ3v) is 17.5. The van der Waals surface area contributed by atoms with Gasteiger partial charge in [0.05, 0.1) is 0 Å². The van der Waals surface area contributed by atoms with Crippen molar-refractivity contribution in [1.29, 1.82) is 0 Å². The van der Waals surface area contributed by atoms with Gasteiger partial charge in [0.2, 0.25) is 35.4 Å². The molecule has 38 heteroatoms. The smallest absolute Gasteiger partial charge is 0.408 e. The van der Waals surface area contributed by atoms with Gasteiger partial charge in [0.15, 0.2) is 0 Å². The van der Waals surface area contributed by atoms with Crippen molar-refractivity contribution < 1.29 is 105 Å². The molecular weight excluding hydrogens is 1570 g/mol. The van der Waals surface area contributed by atoms with E-state index in [1.54, 1.807) is 166 Å². The summed E-state index contributed by atoms with van der Waals surface area (Å²) in [4.78, 5) is 186. The predicted molar refractivity (Wildman–Crippen MR) is 453 cm³/mol. The maximum absolute atomic E-state index is 14.3. The first-order valence-electron chi connectivity index (χ1n) is 41.1. The van der Waals surface area contributed by atoms with Crippen LogP contribution in [0.3, 0.4) is 0 Å². The van der Waals surface area contributed by atoms with Crippen molar-refractivity contribution >= 4 is 106 Å². The Labute approximate surface area is 708 Å². The normalized spacial score (nSPS) is 13.5. The molecule has 0 unspecified atom stereocenters. The summed E-state index contributed by atoms with van der Waals surface area (Å²) in [6.07, 6.45) is -0.634. The van der Waals surface area contributed by atoms with Crippen molar-refractivity contribution in [3.63, 3.8) is 0 Å². The van der Waals surface area contributed by atoms with Crippen molar-refractivity contribution in [3.05, 3.63) is 0 Å². The number of carbonyl (C=O) groups excluding carboxylic acids is 14.